The highest BCUT2D eigenvalue weighted by Gasteiger charge is 2.31. The maximum absolute atomic E-state index is 12.7. The van der Waals surface area contributed by atoms with Crippen LogP contribution < -0.4 is 9.47 Å². The molecule has 1 aromatic heterocycles. The van der Waals surface area contributed by atoms with Crippen LogP contribution in [0.4, 0.5) is 13.2 Å². The fourth-order valence-electron chi connectivity index (χ4n) is 4.73. The van der Waals surface area contributed by atoms with Crippen LogP contribution in [0, 0.1) is 6.92 Å². The van der Waals surface area contributed by atoms with Crippen LogP contribution in [0.15, 0.2) is 91.0 Å². The van der Waals surface area contributed by atoms with Gasteiger partial charge in [0.15, 0.2) is 0 Å². The molecule has 4 aromatic carbocycles. The Morgan fingerprint density at radius 3 is 2.36 bits per heavy atom. The van der Waals surface area contributed by atoms with Crippen molar-refractivity contribution in [1.29, 1.82) is 0 Å². The molecule has 0 fully saturated rings. The first-order valence-corrected chi connectivity index (χ1v) is 13.5. The zero-order chi connectivity index (χ0) is 29.7. The lowest BCUT2D eigenvalue weighted by Gasteiger charge is -2.16. The molecule has 5 rings (SSSR count). The second-order valence-electron chi connectivity index (χ2n) is 9.72. The Kier molecular flexibility index (Phi) is 8.47. The van der Waals surface area contributed by atoms with Gasteiger partial charge < -0.3 is 18.8 Å². The van der Waals surface area contributed by atoms with Crippen LogP contribution in [0.1, 0.15) is 29.2 Å². The summed E-state index contributed by atoms with van der Waals surface area (Å²) in [5.41, 5.74) is 6.03. The maximum Gasteiger partial charge on any atom is 0.573 e. The van der Waals surface area contributed by atoms with Gasteiger partial charge in [0.05, 0.1) is 30.6 Å². The second-order valence-corrected chi connectivity index (χ2v) is 9.72. The van der Waals surface area contributed by atoms with Crippen molar-refractivity contribution < 1.29 is 32.2 Å². The molecular formula is C33H29F3N2O4. The summed E-state index contributed by atoms with van der Waals surface area (Å²) < 4.78 is 55.4. The molecule has 0 saturated carbocycles. The predicted molar refractivity (Wildman–Crippen MR) is 153 cm³/mol. The normalized spacial score (nSPS) is 11.5. The molecule has 0 unspecified atom stereocenters. The number of hydrogen-bond donors (Lipinski definition) is 0. The average molecular weight is 575 g/mol. The molecule has 0 aliphatic heterocycles. The number of alkyl halides is 3. The van der Waals surface area contributed by atoms with Crippen LogP contribution in [0.25, 0.3) is 22.4 Å². The van der Waals surface area contributed by atoms with E-state index in [0.29, 0.717) is 36.9 Å². The third-order valence-electron chi connectivity index (χ3n) is 6.74. The summed E-state index contributed by atoms with van der Waals surface area (Å²) in [5, 5.41) is 0. The van der Waals surface area contributed by atoms with Crippen LogP contribution in [-0.4, -0.2) is 28.5 Å². The van der Waals surface area contributed by atoms with Crippen LogP contribution in [0.3, 0.4) is 0 Å². The number of fused-ring (bicyclic) bond motifs is 1. The molecule has 0 atom stereocenters. The monoisotopic (exact) mass is 574 g/mol. The van der Waals surface area contributed by atoms with Gasteiger partial charge in [-0.25, -0.2) is 4.98 Å². The number of imidazole rings is 1. The van der Waals surface area contributed by atoms with E-state index in [-0.39, 0.29) is 18.1 Å². The van der Waals surface area contributed by atoms with E-state index in [4.69, 9.17) is 14.5 Å². The summed E-state index contributed by atoms with van der Waals surface area (Å²) in [6.07, 6.45) is -4.60. The maximum atomic E-state index is 12.7. The molecule has 0 bridgehead atoms. The van der Waals surface area contributed by atoms with E-state index in [2.05, 4.69) is 4.74 Å². The van der Waals surface area contributed by atoms with Crippen LogP contribution >= 0.6 is 0 Å². The number of nitrogens with zero attached hydrogens (tertiary/aromatic N) is 2. The summed E-state index contributed by atoms with van der Waals surface area (Å²) in [7, 11) is 0. The predicted octanol–water partition coefficient (Wildman–Crippen LogP) is 7.64. The highest BCUT2D eigenvalue weighted by atomic mass is 19.4. The number of esters is 1. The van der Waals surface area contributed by atoms with Crippen molar-refractivity contribution >= 4 is 17.0 Å². The fourth-order valence-corrected chi connectivity index (χ4v) is 4.73. The molecule has 0 N–H and O–H groups in total. The number of ether oxygens (including phenoxy) is 3. The summed E-state index contributed by atoms with van der Waals surface area (Å²) in [4.78, 5) is 16.8. The van der Waals surface area contributed by atoms with Gasteiger partial charge in [0, 0.05) is 5.56 Å². The number of aryl methyl sites for hydroxylation is 1. The Bertz CT molecular complexity index is 1690. The third-order valence-corrected chi connectivity index (χ3v) is 6.74. The Balaban J connectivity index is 1.41. The topological polar surface area (TPSA) is 62.6 Å². The molecule has 0 radical (unpaired) electrons. The van der Waals surface area contributed by atoms with Crippen molar-refractivity contribution in [3.05, 3.63) is 113 Å². The average Bonchev–Trinajstić information content (AvgIpc) is 3.32. The van der Waals surface area contributed by atoms with E-state index < -0.39 is 6.36 Å². The summed E-state index contributed by atoms with van der Waals surface area (Å²) in [6, 6.07) is 27.0. The number of para-hydroxylation sites is 2. The zero-order valence-corrected chi connectivity index (χ0v) is 23.1. The molecule has 1 heterocycles. The van der Waals surface area contributed by atoms with Gasteiger partial charge >= 0.3 is 12.3 Å². The van der Waals surface area contributed by atoms with Crippen molar-refractivity contribution in [1.82, 2.24) is 9.55 Å². The number of hydrogen-bond acceptors (Lipinski definition) is 5. The number of rotatable bonds is 10. The molecule has 0 aliphatic carbocycles. The Morgan fingerprint density at radius 1 is 0.905 bits per heavy atom. The van der Waals surface area contributed by atoms with E-state index in [9.17, 15) is 18.0 Å². The van der Waals surface area contributed by atoms with E-state index in [1.807, 2.05) is 78.2 Å². The lowest BCUT2D eigenvalue weighted by Crippen LogP contribution is -2.17. The van der Waals surface area contributed by atoms with E-state index in [0.717, 1.165) is 33.3 Å². The molecule has 5 aromatic rings. The molecule has 216 valence electrons. The number of halogens is 3. The van der Waals surface area contributed by atoms with Crippen molar-refractivity contribution in [2.75, 3.05) is 6.61 Å². The second kappa shape index (κ2) is 12.4. The quantitative estimate of drug-likeness (QED) is 0.160. The molecule has 0 saturated heterocycles. The van der Waals surface area contributed by atoms with Crippen molar-refractivity contribution in [3.8, 4) is 22.9 Å². The Hall–Kier alpha value is -4.79. The highest BCUT2D eigenvalue weighted by molar-refractivity contribution is 5.81. The molecule has 0 spiro atoms. The van der Waals surface area contributed by atoms with Gasteiger partial charge in [-0.1, -0.05) is 48.5 Å². The van der Waals surface area contributed by atoms with Crippen LogP contribution in [-0.2, 0) is 29.1 Å². The summed E-state index contributed by atoms with van der Waals surface area (Å²) in [6.45, 7) is 4.81. The van der Waals surface area contributed by atoms with Gasteiger partial charge in [-0.05, 0) is 78.6 Å². The number of benzene rings is 4. The lowest BCUT2D eigenvalue weighted by atomic mass is 10.1. The molecule has 0 amide bonds. The number of carbonyl (C=O) groups is 1. The smallest absolute Gasteiger partial charge is 0.489 e. The van der Waals surface area contributed by atoms with E-state index >= 15 is 0 Å². The number of aromatic nitrogens is 2. The Labute approximate surface area is 241 Å². The van der Waals surface area contributed by atoms with Crippen molar-refractivity contribution in [2.45, 2.75) is 39.8 Å². The molecule has 0 aliphatic rings. The first-order valence-electron chi connectivity index (χ1n) is 13.5. The first kappa shape index (κ1) is 28.7. The van der Waals surface area contributed by atoms with Crippen molar-refractivity contribution in [2.24, 2.45) is 0 Å². The third kappa shape index (κ3) is 6.91. The van der Waals surface area contributed by atoms with Crippen LogP contribution in [0.5, 0.6) is 11.5 Å². The van der Waals surface area contributed by atoms with Crippen LogP contribution in [0.2, 0.25) is 0 Å². The molecule has 9 heteroatoms. The van der Waals surface area contributed by atoms with Gasteiger partial charge in [0.2, 0.25) is 0 Å². The Morgan fingerprint density at radius 2 is 1.62 bits per heavy atom. The highest BCUT2D eigenvalue weighted by Crippen LogP contribution is 2.30. The molecule has 6 nitrogen and oxygen atoms in total. The fraction of sp³-hybridized carbons (Fsp3) is 0.212. The van der Waals surface area contributed by atoms with Gasteiger partial charge in [0.1, 0.15) is 23.9 Å². The molecule has 42 heavy (non-hydrogen) atoms. The standard InChI is InChI=1S/C33H29F3N2O4/c1-3-40-31(39)19-23-13-12-22(2)30(18-23)41-21-26-9-5-4-8-25(26)20-38-29-11-7-6-10-28(29)37-32(38)24-14-16-27(17-15-24)42-33(34,35)36/h4-18H,3,19-21H2,1-2H3. The van der Waals surface area contributed by atoms with Gasteiger partial charge in [0.25, 0.3) is 0 Å². The summed E-state index contributed by atoms with van der Waals surface area (Å²) >= 11 is 0. The zero-order valence-electron chi connectivity index (χ0n) is 23.1. The lowest BCUT2D eigenvalue weighted by molar-refractivity contribution is -0.274. The first-order chi connectivity index (χ1) is 20.2. The van der Waals surface area contributed by atoms with E-state index in [1.54, 1.807) is 19.1 Å². The van der Waals surface area contributed by atoms with Gasteiger partial charge in [-0.3, -0.25) is 4.79 Å². The minimum atomic E-state index is -4.76. The minimum absolute atomic E-state index is 0.168. The van der Waals surface area contributed by atoms with E-state index in [1.165, 1.54) is 12.1 Å². The SMILES string of the molecule is CCOC(=O)Cc1ccc(C)c(OCc2ccccc2Cn2c(-c3ccc(OC(F)(F)F)cc3)nc3ccccc32)c1. The molecular weight excluding hydrogens is 545 g/mol. The summed E-state index contributed by atoms with van der Waals surface area (Å²) in [5.74, 6) is 0.719. The van der Waals surface area contributed by atoms with Gasteiger partial charge in [-0.2, -0.15) is 0 Å². The minimum Gasteiger partial charge on any atom is -0.489 e. The largest absolute Gasteiger partial charge is 0.573 e. The number of carbonyl (C=O) groups excluding carboxylic acids is 1. The van der Waals surface area contributed by atoms with Gasteiger partial charge in [-0.15, -0.1) is 13.2 Å². The van der Waals surface area contributed by atoms with Crippen molar-refractivity contribution in [3.63, 3.8) is 0 Å².